The van der Waals surface area contributed by atoms with Crippen molar-refractivity contribution in [3.05, 3.63) is 29.8 Å². The molecule has 0 spiro atoms. The van der Waals surface area contributed by atoms with Crippen molar-refractivity contribution >= 4 is 5.69 Å². The number of methoxy groups -OCH3 is 1. The SMILES string of the molecule is COC1COC2C(NCc3ccc(N(C)C)cc3)COC12. The van der Waals surface area contributed by atoms with Crippen molar-refractivity contribution < 1.29 is 14.2 Å². The molecule has 4 atom stereocenters. The first-order valence-electron chi connectivity index (χ1n) is 7.44. The normalized spacial score (nSPS) is 31.4. The van der Waals surface area contributed by atoms with Crippen LogP contribution in [0.3, 0.4) is 0 Å². The van der Waals surface area contributed by atoms with E-state index in [9.17, 15) is 0 Å². The summed E-state index contributed by atoms with van der Waals surface area (Å²) in [6.45, 7) is 2.14. The number of fused-ring (bicyclic) bond motifs is 1. The summed E-state index contributed by atoms with van der Waals surface area (Å²) in [6, 6.07) is 8.82. The summed E-state index contributed by atoms with van der Waals surface area (Å²) >= 11 is 0. The molecular weight excluding hydrogens is 268 g/mol. The monoisotopic (exact) mass is 292 g/mol. The van der Waals surface area contributed by atoms with E-state index in [1.807, 2.05) is 14.1 Å². The van der Waals surface area contributed by atoms with Crippen LogP contribution < -0.4 is 10.2 Å². The number of hydrogen-bond acceptors (Lipinski definition) is 5. The van der Waals surface area contributed by atoms with Crippen molar-refractivity contribution in [1.29, 1.82) is 0 Å². The summed E-state index contributed by atoms with van der Waals surface area (Å²) in [4.78, 5) is 2.10. The lowest BCUT2D eigenvalue weighted by Crippen LogP contribution is -2.40. The average molecular weight is 292 g/mol. The second-order valence-corrected chi connectivity index (χ2v) is 5.92. The molecule has 1 aromatic rings. The molecule has 1 N–H and O–H groups in total. The number of anilines is 1. The Kier molecular flexibility index (Phi) is 4.45. The molecule has 2 aliphatic rings. The van der Waals surface area contributed by atoms with E-state index >= 15 is 0 Å². The molecular formula is C16H24N2O3. The molecule has 0 aromatic heterocycles. The number of benzene rings is 1. The van der Waals surface area contributed by atoms with Gasteiger partial charge >= 0.3 is 0 Å². The van der Waals surface area contributed by atoms with E-state index in [-0.39, 0.29) is 24.4 Å². The van der Waals surface area contributed by atoms with Crippen LogP contribution in [0.2, 0.25) is 0 Å². The molecule has 3 rings (SSSR count). The standard InChI is InChI=1S/C16H24N2O3/c1-18(2)12-6-4-11(5-7-12)8-17-13-9-20-16-14(19-3)10-21-15(13)16/h4-7,13-17H,8-10H2,1-3H3. The summed E-state index contributed by atoms with van der Waals surface area (Å²) in [5.74, 6) is 0. The van der Waals surface area contributed by atoms with Gasteiger partial charge in [-0.3, -0.25) is 0 Å². The molecule has 116 valence electrons. The molecule has 4 unspecified atom stereocenters. The number of nitrogens with one attached hydrogen (secondary N) is 1. The second kappa shape index (κ2) is 6.32. The maximum absolute atomic E-state index is 5.81. The van der Waals surface area contributed by atoms with Crippen LogP contribution in [0.5, 0.6) is 0 Å². The van der Waals surface area contributed by atoms with Crippen molar-refractivity contribution in [3.8, 4) is 0 Å². The van der Waals surface area contributed by atoms with Gasteiger partial charge in [-0.05, 0) is 17.7 Å². The highest BCUT2D eigenvalue weighted by Crippen LogP contribution is 2.28. The Morgan fingerprint density at radius 2 is 1.86 bits per heavy atom. The van der Waals surface area contributed by atoms with Crippen molar-refractivity contribution in [3.63, 3.8) is 0 Å². The minimum absolute atomic E-state index is 0.0705. The summed E-state index contributed by atoms with van der Waals surface area (Å²) in [6.07, 6.45) is 0.251. The fourth-order valence-corrected chi connectivity index (χ4v) is 3.00. The number of hydrogen-bond donors (Lipinski definition) is 1. The molecule has 0 amide bonds. The smallest absolute Gasteiger partial charge is 0.114 e. The molecule has 2 heterocycles. The summed E-state index contributed by atoms with van der Waals surface area (Å²) in [5.41, 5.74) is 2.48. The fourth-order valence-electron chi connectivity index (χ4n) is 3.00. The first-order chi connectivity index (χ1) is 10.2. The second-order valence-electron chi connectivity index (χ2n) is 5.92. The van der Waals surface area contributed by atoms with Crippen molar-refractivity contribution in [2.75, 3.05) is 39.3 Å². The van der Waals surface area contributed by atoms with Crippen molar-refractivity contribution in [2.45, 2.75) is 30.9 Å². The first-order valence-corrected chi connectivity index (χ1v) is 7.44. The van der Waals surface area contributed by atoms with Crippen LogP contribution >= 0.6 is 0 Å². The lowest BCUT2D eigenvalue weighted by atomic mass is 10.1. The minimum Gasteiger partial charge on any atom is -0.378 e. The van der Waals surface area contributed by atoms with E-state index in [2.05, 4.69) is 34.5 Å². The molecule has 5 heteroatoms. The molecule has 0 saturated carbocycles. The fraction of sp³-hybridized carbons (Fsp3) is 0.625. The van der Waals surface area contributed by atoms with E-state index in [1.54, 1.807) is 7.11 Å². The zero-order chi connectivity index (χ0) is 14.8. The Morgan fingerprint density at radius 3 is 2.52 bits per heavy atom. The van der Waals surface area contributed by atoms with Crippen LogP contribution in [0.15, 0.2) is 24.3 Å². The first kappa shape index (κ1) is 14.8. The predicted octanol–water partition coefficient (Wildman–Crippen LogP) is 1.02. The molecule has 2 saturated heterocycles. The molecule has 21 heavy (non-hydrogen) atoms. The Morgan fingerprint density at radius 1 is 1.14 bits per heavy atom. The Bertz CT molecular complexity index is 463. The quantitative estimate of drug-likeness (QED) is 0.878. The van der Waals surface area contributed by atoms with Crippen LogP contribution in [0.25, 0.3) is 0 Å². The molecule has 0 radical (unpaired) electrons. The Balaban J connectivity index is 1.54. The molecule has 5 nitrogen and oxygen atoms in total. The van der Waals surface area contributed by atoms with E-state index < -0.39 is 0 Å². The Hall–Kier alpha value is -1.14. The molecule has 0 bridgehead atoms. The van der Waals surface area contributed by atoms with Gasteiger partial charge in [0.15, 0.2) is 0 Å². The van der Waals surface area contributed by atoms with Gasteiger partial charge in [0.1, 0.15) is 18.3 Å². The predicted molar refractivity (Wildman–Crippen MR) is 81.7 cm³/mol. The lowest BCUT2D eigenvalue weighted by molar-refractivity contribution is -0.00824. The maximum Gasteiger partial charge on any atom is 0.114 e. The van der Waals surface area contributed by atoms with Crippen molar-refractivity contribution in [1.82, 2.24) is 5.32 Å². The summed E-state index contributed by atoms with van der Waals surface area (Å²) < 4.78 is 17.0. The van der Waals surface area contributed by atoms with E-state index in [0.29, 0.717) is 13.2 Å². The van der Waals surface area contributed by atoms with E-state index in [0.717, 1.165) is 6.54 Å². The number of ether oxygens (including phenoxy) is 3. The third kappa shape index (κ3) is 3.06. The highest BCUT2D eigenvalue weighted by molar-refractivity contribution is 5.45. The highest BCUT2D eigenvalue weighted by atomic mass is 16.6. The zero-order valence-corrected chi connectivity index (χ0v) is 12.9. The van der Waals surface area contributed by atoms with Gasteiger partial charge in [0.2, 0.25) is 0 Å². The largest absolute Gasteiger partial charge is 0.378 e. The number of nitrogens with zero attached hydrogens (tertiary/aromatic N) is 1. The lowest BCUT2D eigenvalue weighted by Gasteiger charge is -2.18. The van der Waals surface area contributed by atoms with Gasteiger partial charge in [0.25, 0.3) is 0 Å². The van der Waals surface area contributed by atoms with Crippen molar-refractivity contribution in [2.24, 2.45) is 0 Å². The Labute approximate surface area is 126 Å². The van der Waals surface area contributed by atoms with E-state index in [4.69, 9.17) is 14.2 Å². The van der Waals surface area contributed by atoms with Crippen LogP contribution in [-0.2, 0) is 20.8 Å². The molecule has 1 aromatic carbocycles. The van der Waals surface area contributed by atoms with Gasteiger partial charge in [-0.15, -0.1) is 0 Å². The van der Waals surface area contributed by atoms with Crippen LogP contribution in [0, 0.1) is 0 Å². The van der Waals surface area contributed by atoms with Crippen LogP contribution in [0.1, 0.15) is 5.56 Å². The van der Waals surface area contributed by atoms with Gasteiger partial charge in [0, 0.05) is 33.4 Å². The summed E-state index contributed by atoms with van der Waals surface area (Å²) in [5, 5.41) is 3.54. The van der Waals surface area contributed by atoms with Gasteiger partial charge < -0.3 is 24.4 Å². The number of rotatable bonds is 5. The average Bonchev–Trinajstić information content (AvgIpc) is 3.07. The third-order valence-corrected chi connectivity index (χ3v) is 4.33. The minimum atomic E-state index is 0.0705. The van der Waals surface area contributed by atoms with Crippen LogP contribution in [0.4, 0.5) is 5.69 Å². The van der Waals surface area contributed by atoms with Gasteiger partial charge in [-0.25, -0.2) is 0 Å². The topological polar surface area (TPSA) is 43.0 Å². The van der Waals surface area contributed by atoms with E-state index in [1.165, 1.54) is 11.3 Å². The third-order valence-electron chi connectivity index (χ3n) is 4.33. The van der Waals surface area contributed by atoms with Crippen LogP contribution in [-0.4, -0.2) is 58.8 Å². The molecule has 2 fully saturated rings. The molecule has 2 aliphatic heterocycles. The highest BCUT2D eigenvalue weighted by Gasteiger charge is 2.47. The summed E-state index contributed by atoms with van der Waals surface area (Å²) in [7, 11) is 5.81. The van der Waals surface area contributed by atoms with Gasteiger partial charge in [0.05, 0.1) is 19.3 Å². The zero-order valence-electron chi connectivity index (χ0n) is 12.9. The van der Waals surface area contributed by atoms with Gasteiger partial charge in [-0.2, -0.15) is 0 Å². The molecule has 0 aliphatic carbocycles. The van der Waals surface area contributed by atoms with Gasteiger partial charge in [-0.1, -0.05) is 12.1 Å². The maximum atomic E-state index is 5.81.